The van der Waals surface area contributed by atoms with Crippen LogP contribution in [0.15, 0.2) is 48.5 Å². The lowest BCUT2D eigenvalue weighted by Crippen LogP contribution is -2.53. The van der Waals surface area contributed by atoms with E-state index >= 15 is 0 Å². The first-order valence-corrected chi connectivity index (χ1v) is 13.5. The molecule has 2 aromatic carbocycles. The van der Waals surface area contributed by atoms with Crippen LogP contribution in [0.3, 0.4) is 0 Å². The fourth-order valence-corrected chi connectivity index (χ4v) is 4.13. The summed E-state index contributed by atoms with van der Waals surface area (Å²) in [5, 5.41) is 5.62. The number of aryl methyl sites for hydroxylation is 1. The van der Waals surface area contributed by atoms with Crippen molar-refractivity contribution in [1.29, 1.82) is 0 Å². The minimum Gasteiger partial charge on any atom is -0.444 e. The number of amides is 3. The second-order valence-corrected chi connectivity index (χ2v) is 10.5. The number of nitrogens with zero attached hydrogens (tertiary/aromatic N) is 1. The van der Waals surface area contributed by atoms with Gasteiger partial charge >= 0.3 is 6.09 Å². The Morgan fingerprint density at radius 3 is 2.29 bits per heavy atom. The van der Waals surface area contributed by atoms with Crippen LogP contribution in [0.4, 0.5) is 10.5 Å². The van der Waals surface area contributed by atoms with Crippen molar-refractivity contribution in [3.63, 3.8) is 0 Å². The second kappa shape index (κ2) is 14.5. The molecule has 0 fully saturated rings. The van der Waals surface area contributed by atoms with Gasteiger partial charge in [0.15, 0.2) is 0 Å². The van der Waals surface area contributed by atoms with E-state index in [0.29, 0.717) is 29.8 Å². The quantitative estimate of drug-likeness (QED) is 0.201. The van der Waals surface area contributed by atoms with Crippen molar-refractivity contribution < 1.29 is 19.1 Å². The summed E-state index contributed by atoms with van der Waals surface area (Å²) in [5.74, 6) is 1.82. The molecule has 0 saturated heterocycles. The molecule has 8 heteroatoms. The molecule has 0 spiro atoms. The van der Waals surface area contributed by atoms with E-state index in [9.17, 15) is 14.4 Å². The molecule has 204 valence electrons. The van der Waals surface area contributed by atoms with E-state index in [2.05, 4.69) is 36.1 Å². The van der Waals surface area contributed by atoms with Crippen LogP contribution in [0.5, 0.6) is 0 Å². The minimum atomic E-state index is -0.992. The first kappa shape index (κ1) is 30.8. The summed E-state index contributed by atoms with van der Waals surface area (Å²) in [6.45, 7) is 9.51. The zero-order chi connectivity index (χ0) is 28.3. The zero-order valence-electron chi connectivity index (χ0n) is 22.9. The Balaban J connectivity index is 2.50. The Bertz CT molecular complexity index is 1140. The standard InChI is InChI=1S/C30H39N3O4S/c1-7-9-12-19-33(28(35)25(20-38)32-29(36)37-30(4,5)6)26(23-17-15-22(8-2)16-18-23)27(34)31-24-14-11-10-13-21(24)3/h2,10-11,13-18,25-26,38H,7,9,12,19-20H2,1,3-6H3,(H,31,34)(H,32,36). The summed E-state index contributed by atoms with van der Waals surface area (Å²) in [6.07, 6.45) is 7.31. The van der Waals surface area contributed by atoms with Crippen molar-refractivity contribution in [3.05, 3.63) is 65.2 Å². The van der Waals surface area contributed by atoms with Gasteiger partial charge in [0.25, 0.3) is 5.91 Å². The summed E-state index contributed by atoms with van der Waals surface area (Å²) in [5.41, 5.74) is 2.09. The molecule has 7 nitrogen and oxygen atoms in total. The number of para-hydroxylation sites is 1. The Morgan fingerprint density at radius 1 is 1.08 bits per heavy atom. The number of nitrogens with one attached hydrogen (secondary N) is 2. The van der Waals surface area contributed by atoms with Gasteiger partial charge in [-0.2, -0.15) is 12.6 Å². The number of unbranched alkanes of at least 4 members (excludes halogenated alkanes) is 2. The van der Waals surface area contributed by atoms with Crippen LogP contribution in [0, 0.1) is 19.3 Å². The molecule has 0 aliphatic rings. The van der Waals surface area contributed by atoms with E-state index in [1.807, 2.05) is 31.2 Å². The molecule has 3 amide bonds. The fraction of sp³-hybridized carbons (Fsp3) is 0.433. The van der Waals surface area contributed by atoms with Gasteiger partial charge in [0.1, 0.15) is 17.7 Å². The number of anilines is 1. The van der Waals surface area contributed by atoms with Gasteiger partial charge in [0.2, 0.25) is 5.91 Å². The highest BCUT2D eigenvalue weighted by molar-refractivity contribution is 7.80. The van der Waals surface area contributed by atoms with Gasteiger partial charge in [0, 0.05) is 23.5 Å². The third kappa shape index (κ3) is 9.14. The first-order valence-electron chi connectivity index (χ1n) is 12.8. The van der Waals surface area contributed by atoms with Gasteiger partial charge in [-0.05, 0) is 63.4 Å². The van der Waals surface area contributed by atoms with Gasteiger partial charge in [-0.3, -0.25) is 9.59 Å². The fourth-order valence-electron chi connectivity index (χ4n) is 3.88. The second-order valence-electron chi connectivity index (χ2n) is 10.1. The third-order valence-electron chi connectivity index (χ3n) is 5.81. The molecule has 0 heterocycles. The summed E-state index contributed by atoms with van der Waals surface area (Å²) < 4.78 is 5.36. The molecule has 0 aliphatic carbocycles. The number of alkyl carbamates (subject to hydrolysis) is 1. The molecule has 0 saturated carbocycles. The van der Waals surface area contributed by atoms with E-state index in [0.717, 1.165) is 18.4 Å². The lowest BCUT2D eigenvalue weighted by Gasteiger charge is -2.34. The summed E-state index contributed by atoms with van der Waals surface area (Å²) >= 11 is 4.33. The molecule has 2 unspecified atom stereocenters. The van der Waals surface area contributed by atoms with Crippen molar-refractivity contribution in [2.45, 2.75) is 71.6 Å². The highest BCUT2D eigenvalue weighted by atomic mass is 32.1. The molecule has 2 atom stereocenters. The van der Waals surface area contributed by atoms with Gasteiger partial charge in [-0.1, -0.05) is 56.0 Å². The topological polar surface area (TPSA) is 87.7 Å². The summed E-state index contributed by atoms with van der Waals surface area (Å²) in [6, 6.07) is 12.5. The van der Waals surface area contributed by atoms with Crippen LogP contribution < -0.4 is 10.6 Å². The Morgan fingerprint density at radius 2 is 1.74 bits per heavy atom. The molecular formula is C30H39N3O4S. The number of terminal acetylenes is 1. The Kier molecular flexibility index (Phi) is 11.7. The molecule has 38 heavy (non-hydrogen) atoms. The van der Waals surface area contributed by atoms with Crippen molar-refractivity contribution in [2.24, 2.45) is 0 Å². The summed E-state index contributed by atoms with van der Waals surface area (Å²) in [7, 11) is 0. The van der Waals surface area contributed by atoms with Crippen LogP contribution in [0.25, 0.3) is 0 Å². The lowest BCUT2D eigenvalue weighted by atomic mass is 10.0. The van der Waals surface area contributed by atoms with Gasteiger partial charge in [-0.25, -0.2) is 4.79 Å². The van der Waals surface area contributed by atoms with Crippen LogP contribution in [0.2, 0.25) is 0 Å². The van der Waals surface area contributed by atoms with E-state index in [1.165, 1.54) is 4.90 Å². The van der Waals surface area contributed by atoms with Gasteiger partial charge in [-0.15, -0.1) is 6.42 Å². The average molecular weight is 538 g/mol. The molecule has 0 bridgehead atoms. The van der Waals surface area contributed by atoms with Crippen molar-refractivity contribution in [2.75, 3.05) is 17.6 Å². The Labute approximate surface area is 232 Å². The molecule has 2 N–H and O–H groups in total. The number of hydrogen-bond donors (Lipinski definition) is 3. The molecular weight excluding hydrogens is 498 g/mol. The maximum Gasteiger partial charge on any atom is 0.408 e. The first-order chi connectivity index (χ1) is 18.0. The van der Waals surface area contributed by atoms with Crippen molar-refractivity contribution >= 4 is 36.2 Å². The molecule has 2 rings (SSSR count). The smallest absolute Gasteiger partial charge is 0.408 e. The summed E-state index contributed by atoms with van der Waals surface area (Å²) in [4.78, 5) is 41.8. The number of carbonyl (C=O) groups excluding carboxylic acids is 3. The number of rotatable bonds is 11. The maximum atomic E-state index is 13.9. The van der Waals surface area contributed by atoms with Gasteiger partial charge in [0.05, 0.1) is 0 Å². The number of hydrogen-bond acceptors (Lipinski definition) is 5. The monoisotopic (exact) mass is 537 g/mol. The zero-order valence-corrected chi connectivity index (χ0v) is 23.8. The normalized spacial score (nSPS) is 12.6. The van der Waals surface area contributed by atoms with Crippen LogP contribution in [-0.4, -0.2) is 46.7 Å². The van der Waals surface area contributed by atoms with Crippen LogP contribution in [-0.2, 0) is 14.3 Å². The number of carbonyl (C=O) groups is 3. The third-order valence-corrected chi connectivity index (χ3v) is 6.18. The van der Waals surface area contributed by atoms with Crippen molar-refractivity contribution in [1.82, 2.24) is 10.2 Å². The Hall–Kier alpha value is -3.44. The number of benzene rings is 2. The van der Waals surface area contributed by atoms with E-state index in [4.69, 9.17) is 11.2 Å². The van der Waals surface area contributed by atoms with E-state index in [-0.39, 0.29) is 11.7 Å². The molecule has 0 radical (unpaired) electrons. The predicted molar refractivity (Wildman–Crippen MR) is 155 cm³/mol. The number of thiol groups is 1. The molecule has 2 aromatic rings. The van der Waals surface area contributed by atoms with Gasteiger partial charge < -0.3 is 20.3 Å². The minimum absolute atomic E-state index is 0.0323. The highest BCUT2D eigenvalue weighted by Gasteiger charge is 2.35. The van der Waals surface area contributed by atoms with E-state index < -0.39 is 29.7 Å². The SMILES string of the molecule is C#Cc1ccc(C(C(=O)Nc2ccccc2C)N(CCCCC)C(=O)C(CS)NC(=O)OC(C)(C)C)cc1. The largest absolute Gasteiger partial charge is 0.444 e. The molecule has 0 aromatic heterocycles. The average Bonchev–Trinajstić information content (AvgIpc) is 2.87. The van der Waals surface area contributed by atoms with Crippen LogP contribution in [0.1, 0.15) is 69.7 Å². The van der Waals surface area contributed by atoms with Crippen molar-refractivity contribution in [3.8, 4) is 12.3 Å². The maximum absolute atomic E-state index is 13.9. The van der Waals surface area contributed by atoms with E-state index in [1.54, 1.807) is 45.0 Å². The number of ether oxygens (including phenoxy) is 1. The predicted octanol–water partition coefficient (Wildman–Crippen LogP) is 5.50. The highest BCUT2D eigenvalue weighted by Crippen LogP contribution is 2.26. The van der Waals surface area contributed by atoms with Crippen LogP contribution >= 0.6 is 12.6 Å². The molecule has 0 aliphatic heterocycles. The lowest BCUT2D eigenvalue weighted by molar-refractivity contribution is -0.140.